The highest BCUT2D eigenvalue weighted by atomic mass is 35.5. The highest BCUT2D eigenvalue weighted by molar-refractivity contribution is 6.31. The lowest BCUT2D eigenvalue weighted by molar-refractivity contribution is 0.0652. The van der Waals surface area contributed by atoms with Crippen LogP contribution in [-0.4, -0.2) is 26.8 Å². The number of nitrogens with two attached hydrogens (primary N) is 1. The Bertz CT molecular complexity index is 1240. The molecule has 6 nitrogen and oxygen atoms in total. The number of aromatic hydroxyl groups is 1. The van der Waals surface area contributed by atoms with Crippen LogP contribution in [-0.2, 0) is 13.0 Å². The minimum absolute atomic E-state index is 0.0158. The van der Waals surface area contributed by atoms with Crippen molar-refractivity contribution >= 4 is 35.0 Å². The van der Waals surface area contributed by atoms with Crippen LogP contribution in [0.2, 0.25) is 10.0 Å². The number of benzene rings is 2. The highest BCUT2D eigenvalue weighted by Gasteiger charge is 2.35. The summed E-state index contributed by atoms with van der Waals surface area (Å²) < 4.78 is 14.5. The van der Waals surface area contributed by atoms with Crippen LogP contribution >= 0.6 is 23.2 Å². The first-order chi connectivity index (χ1) is 15.3. The summed E-state index contributed by atoms with van der Waals surface area (Å²) in [6, 6.07) is 9.73. The van der Waals surface area contributed by atoms with E-state index in [1.807, 2.05) is 0 Å². The van der Waals surface area contributed by atoms with Gasteiger partial charge in [-0.2, -0.15) is 0 Å². The van der Waals surface area contributed by atoms with Crippen LogP contribution in [0.25, 0.3) is 0 Å². The van der Waals surface area contributed by atoms with Crippen molar-refractivity contribution in [3.05, 3.63) is 92.5 Å². The van der Waals surface area contributed by atoms with Gasteiger partial charge in [-0.3, -0.25) is 14.6 Å². The first kappa shape index (κ1) is 22.0. The summed E-state index contributed by atoms with van der Waals surface area (Å²) in [5.74, 6) is -1.96. The molecule has 1 aliphatic rings. The Morgan fingerprint density at radius 1 is 1.19 bits per heavy atom. The third-order valence-corrected chi connectivity index (χ3v) is 5.97. The molecule has 1 heterocycles. The van der Waals surface area contributed by atoms with Gasteiger partial charge in [-0.05, 0) is 60.4 Å². The number of hydrogen-bond acceptors (Lipinski definition) is 4. The maximum atomic E-state index is 14.5. The van der Waals surface area contributed by atoms with E-state index in [0.717, 1.165) is 0 Å². The second-order valence-corrected chi connectivity index (χ2v) is 8.35. The molecular weight excluding hydrogens is 456 g/mol. The average Bonchev–Trinajstić information content (AvgIpc) is 3.17. The molecule has 1 aromatic heterocycles. The van der Waals surface area contributed by atoms with Crippen molar-refractivity contribution in [3.8, 4) is 5.75 Å². The molecule has 32 heavy (non-hydrogen) atoms. The van der Waals surface area contributed by atoms with Crippen LogP contribution in [0.5, 0.6) is 5.75 Å². The molecule has 2 aromatic carbocycles. The SMILES string of the molecule is NC(=O)c1ncccc1CN(C(=O)c1cc(Cl)ccc1O)[C@@H]1CCc2c(F)cc(Cl)cc21. The first-order valence-electron chi connectivity index (χ1n) is 9.77. The molecular formula is C23H18Cl2FN3O3. The van der Waals surface area contributed by atoms with Crippen molar-refractivity contribution in [2.75, 3.05) is 0 Å². The minimum atomic E-state index is -0.737. The Kier molecular flexibility index (Phi) is 6.04. The van der Waals surface area contributed by atoms with Gasteiger partial charge in [0.1, 0.15) is 17.3 Å². The summed E-state index contributed by atoms with van der Waals surface area (Å²) >= 11 is 12.2. The molecule has 4 rings (SSSR count). The smallest absolute Gasteiger partial charge is 0.267 e. The van der Waals surface area contributed by atoms with E-state index >= 15 is 0 Å². The lowest BCUT2D eigenvalue weighted by Gasteiger charge is -2.31. The second kappa shape index (κ2) is 8.76. The van der Waals surface area contributed by atoms with E-state index in [0.29, 0.717) is 29.5 Å². The molecule has 9 heteroatoms. The van der Waals surface area contributed by atoms with Crippen LogP contribution in [0.4, 0.5) is 4.39 Å². The standard InChI is InChI=1S/C23H18Cl2FN3O3/c24-13-3-6-20(30)17(8-13)23(32)29(11-12-2-1-7-28-21(12)22(27)31)19-5-4-15-16(19)9-14(25)10-18(15)26/h1-3,6-10,19,30H,4-5,11H2,(H2,27,31)/t19-/m1/s1. The van der Waals surface area contributed by atoms with E-state index in [-0.39, 0.29) is 33.6 Å². The molecule has 0 fully saturated rings. The third-order valence-electron chi connectivity index (χ3n) is 5.51. The number of aromatic nitrogens is 1. The summed E-state index contributed by atoms with van der Waals surface area (Å²) in [5, 5.41) is 10.8. The first-order valence-corrected chi connectivity index (χ1v) is 10.5. The zero-order chi connectivity index (χ0) is 23.0. The van der Waals surface area contributed by atoms with Gasteiger partial charge in [0.25, 0.3) is 11.8 Å². The molecule has 0 unspecified atom stereocenters. The van der Waals surface area contributed by atoms with Gasteiger partial charge in [0.05, 0.1) is 11.6 Å². The molecule has 0 bridgehead atoms. The maximum Gasteiger partial charge on any atom is 0.267 e. The maximum absolute atomic E-state index is 14.5. The topological polar surface area (TPSA) is 96.5 Å². The van der Waals surface area contributed by atoms with E-state index < -0.39 is 23.7 Å². The number of carbonyl (C=O) groups excluding carboxylic acids is 2. The molecule has 0 saturated carbocycles. The average molecular weight is 474 g/mol. The summed E-state index contributed by atoms with van der Waals surface area (Å²) in [4.78, 5) is 31.0. The predicted octanol–water partition coefficient (Wildman–Crippen LogP) is 4.66. The van der Waals surface area contributed by atoms with E-state index in [9.17, 15) is 19.1 Å². The van der Waals surface area contributed by atoms with Gasteiger partial charge in [0.2, 0.25) is 0 Å². The van der Waals surface area contributed by atoms with Crippen molar-refractivity contribution in [2.45, 2.75) is 25.4 Å². The van der Waals surface area contributed by atoms with Gasteiger partial charge in [-0.15, -0.1) is 0 Å². The predicted molar refractivity (Wildman–Crippen MR) is 118 cm³/mol. The summed E-state index contributed by atoms with van der Waals surface area (Å²) in [7, 11) is 0. The Morgan fingerprint density at radius 2 is 1.97 bits per heavy atom. The van der Waals surface area contributed by atoms with Crippen molar-refractivity contribution < 1.29 is 19.1 Å². The summed E-state index contributed by atoms with van der Waals surface area (Å²) in [6.45, 7) is -0.0465. The van der Waals surface area contributed by atoms with Crippen molar-refractivity contribution in [1.29, 1.82) is 0 Å². The summed E-state index contributed by atoms with van der Waals surface area (Å²) in [5.41, 5.74) is 6.95. The number of amides is 2. The van der Waals surface area contributed by atoms with Gasteiger partial charge in [-0.25, -0.2) is 4.39 Å². The normalized spacial score (nSPS) is 14.8. The molecule has 3 aromatic rings. The molecule has 0 aliphatic heterocycles. The third kappa shape index (κ3) is 4.13. The van der Waals surface area contributed by atoms with Crippen LogP contribution in [0.3, 0.4) is 0 Å². The number of halogens is 3. The molecule has 1 aliphatic carbocycles. The minimum Gasteiger partial charge on any atom is -0.507 e. The largest absolute Gasteiger partial charge is 0.507 e. The number of rotatable bonds is 5. The fourth-order valence-electron chi connectivity index (χ4n) is 4.07. The van der Waals surface area contributed by atoms with Crippen LogP contribution in [0.1, 0.15) is 50.0 Å². The Morgan fingerprint density at radius 3 is 2.72 bits per heavy atom. The Labute approximate surface area is 193 Å². The fourth-order valence-corrected chi connectivity index (χ4v) is 4.46. The van der Waals surface area contributed by atoms with E-state index in [2.05, 4.69) is 4.98 Å². The Hall–Kier alpha value is -3.16. The molecule has 0 spiro atoms. The number of hydrogen-bond donors (Lipinski definition) is 2. The number of nitrogens with zero attached hydrogens (tertiary/aromatic N) is 2. The van der Waals surface area contributed by atoms with Crippen LogP contribution in [0.15, 0.2) is 48.7 Å². The van der Waals surface area contributed by atoms with Gasteiger partial charge >= 0.3 is 0 Å². The fraction of sp³-hybridized carbons (Fsp3) is 0.174. The van der Waals surface area contributed by atoms with E-state index in [4.69, 9.17) is 28.9 Å². The number of carbonyl (C=O) groups is 2. The number of primary amides is 1. The lowest BCUT2D eigenvalue weighted by atomic mass is 10.0. The molecule has 0 saturated heterocycles. The summed E-state index contributed by atoms with van der Waals surface area (Å²) in [6.07, 6.45) is 2.27. The molecule has 164 valence electrons. The van der Waals surface area contributed by atoms with Crippen molar-refractivity contribution in [3.63, 3.8) is 0 Å². The van der Waals surface area contributed by atoms with Gasteiger partial charge in [-0.1, -0.05) is 29.3 Å². The lowest BCUT2D eigenvalue weighted by Crippen LogP contribution is -2.34. The molecule has 2 amide bonds. The number of fused-ring (bicyclic) bond motifs is 1. The van der Waals surface area contributed by atoms with E-state index in [1.165, 1.54) is 35.4 Å². The van der Waals surface area contributed by atoms with Gasteiger partial charge in [0, 0.05) is 28.4 Å². The monoisotopic (exact) mass is 473 g/mol. The van der Waals surface area contributed by atoms with Crippen LogP contribution < -0.4 is 5.73 Å². The zero-order valence-electron chi connectivity index (χ0n) is 16.7. The quantitative estimate of drug-likeness (QED) is 0.562. The molecule has 1 atom stereocenters. The van der Waals surface area contributed by atoms with Gasteiger partial charge in [0.15, 0.2) is 0 Å². The zero-order valence-corrected chi connectivity index (χ0v) is 18.2. The number of phenolic OH excluding ortho intramolecular Hbond substituents is 1. The highest BCUT2D eigenvalue weighted by Crippen LogP contribution is 2.41. The molecule has 0 radical (unpaired) electrons. The number of pyridine rings is 1. The second-order valence-electron chi connectivity index (χ2n) is 7.48. The van der Waals surface area contributed by atoms with Crippen LogP contribution in [0, 0.1) is 5.82 Å². The van der Waals surface area contributed by atoms with E-state index in [1.54, 1.807) is 18.2 Å². The number of phenols is 1. The molecule has 3 N–H and O–H groups in total. The van der Waals surface area contributed by atoms with Gasteiger partial charge < -0.3 is 15.7 Å². The Balaban J connectivity index is 1.83. The van der Waals surface area contributed by atoms with Crippen molar-refractivity contribution in [1.82, 2.24) is 9.88 Å². The van der Waals surface area contributed by atoms with Crippen molar-refractivity contribution in [2.24, 2.45) is 5.73 Å².